The highest BCUT2D eigenvalue weighted by atomic mass is 35.5. The Hall–Kier alpha value is 0.180. The van der Waals surface area contributed by atoms with E-state index in [4.69, 9.17) is 69.6 Å². The van der Waals surface area contributed by atoms with Crippen LogP contribution in [0.15, 0.2) is 24.3 Å². The lowest BCUT2D eigenvalue weighted by molar-refractivity contribution is 1.61. The van der Waals surface area contributed by atoms with Gasteiger partial charge in [0.25, 0.3) is 0 Å². The van der Waals surface area contributed by atoms with E-state index >= 15 is 0 Å². The summed E-state index contributed by atoms with van der Waals surface area (Å²) in [5.41, 5.74) is 1.52. The van der Waals surface area contributed by atoms with Crippen LogP contribution in [0.1, 0.15) is 0 Å². The molecular weight excluding hydrogens is 369 g/mol. The maximum absolute atomic E-state index is 5.97. The van der Waals surface area contributed by atoms with Gasteiger partial charge in [-0.1, -0.05) is 69.6 Å². The lowest BCUT2D eigenvalue weighted by atomic mass is 11.1. The quantitative estimate of drug-likeness (QED) is 0.461. The van der Waals surface area contributed by atoms with E-state index in [1.807, 2.05) is 0 Å². The molecule has 0 atom stereocenters. The maximum atomic E-state index is 5.97. The molecule has 94 valence electrons. The third-order valence-electron chi connectivity index (χ3n) is 2.30. The Bertz CT molecular complexity index is 518. The Balaban J connectivity index is 2.63. The molecule has 0 unspecified atom stereocenters. The summed E-state index contributed by atoms with van der Waals surface area (Å²) in [6, 6.07) is 6.74. The summed E-state index contributed by atoms with van der Waals surface area (Å²) >= 11 is 35.7. The molecule has 0 heterocycles. The third kappa shape index (κ3) is 2.85. The first-order valence-electron chi connectivity index (χ1n) is 4.69. The van der Waals surface area contributed by atoms with Gasteiger partial charge < -0.3 is 0 Å². The van der Waals surface area contributed by atoms with Gasteiger partial charge in [0.15, 0.2) is 0 Å². The number of halogens is 6. The second kappa shape index (κ2) is 5.66. The second-order valence-electron chi connectivity index (χ2n) is 3.51. The number of hydrogen-bond donors (Lipinski definition) is 0. The van der Waals surface area contributed by atoms with Gasteiger partial charge in [-0.15, -0.1) is 0 Å². The lowest BCUT2D eigenvalue weighted by Gasteiger charge is -2.08. The number of hydrogen-bond acceptors (Lipinski definition) is 0. The van der Waals surface area contributed by atoms with Crippen LogP contribution in [-0.4, -0.2) is 0 Å². The molecule has 2 rings (SSSR count). The molecule has 0 nitrogen and oxygen atoms in total. The van der Waals surface area contributed by atoms with Crippen molar-refractivity contribution in [2.24, 2.45) is 0 Å². The standard InChI is InChI=1S/C12H4Cl6/c13-7-1-5(2-8(14)11(7)17)6-3-9(15)12(18)10(16)4-6/h1-4H/i1+1,2+1,3+1,4+1,5+1,6+1,7+1,8+1,9+1,10+1,11+1,12+1. The van der Waals surface area contributed by atoms with Crippen LogP contribution >= 0.6 is 69.6 Å². The predicted molar refractivity (Wildman–Crippen MR) is 81.9 cm³/mol. The monoisotopic (exact) mass is 370 g/mol. The Morgan fingerprint density at radius 1 is 0.444 bits per heavy atom. The van der Waals surface area contributed by atoms with Gasteiger partial charge in [0.05, 0.1) is 30.1 Å². The molecule has 0 aliphatic heterocycles. The van der Waals surface area contributed by atoms with E-state index in [-0.39, 0.29) is 0 Å². The van der Waals surface area contributed by atoms with Crippen molar-refractivity contribution in [2.75, 3.05) is 0 Å². The molecule has 0 aromatic heterocycles. The van der Waals surface area contributed by atoms with E-state index in [0.29, 0.717) is 30.1 Å². The van der Waals surface area contributed by atoms with E-state index in [1.165, 1.54) is 0 Å². The summed E-state index contributed by atoms with van der Waals surface area (Å²) in [6.07, 6.45) is 0. The number of rotatable bonds is 1. The van der Waals surface area contributed by atoms with Crippen molar-refractivity contribution in [1.82, 2.24) is 0 Å². The molecule has 0 bridgehead atoms. The molecule has 2 aromatic carbocycles. The average Bonchev–Trinajstić information content (AvgIpc) is 2.31. The van der Waals surface area contributed by atoms with Gasteiger partial charge in [-0.2, -0.15) is 0 Å². The van der Waals surface area contributed by atoms with E-state index in [2.05, 4.69) is 0 Å². The summed E-state index contributed by atoms with van der Waals surface area (Å²) < 4.78 is 0. The molecule has 2 aromatic rings. The van der Waals surface area contributed by atoms with Crippen molar-refractivity contribution >= 4 is 69.6 Å². The Morgan fingerprint density at radius 3 is 0.889 bits per heavy atom. The minimum atomic E-state index is 0.313. The van der Waals surface area contributed by atoms with Gasteiger partial charge in [0, 0.05) is 0 Å². The van der Waals surface area contributed by atoms with Gasteiger partial charge >= 0.3 is 0 Å². The SMILES string of the molecule is Cl[13c]1[13cH][13c](-[13c]2[13cH][13c](Cl)[13c](Cl)[13c](Cl)[13cH]2)[13cH][13c](Cl)[13c]1Cl. The Morgan fingerprint density at radius 2 is 0.667 bits per heavy atom. The molecule has 6 heteroatoms. The van der Waals surface area contributed by atoms with Crippen molar-refractivity contribution < 1.29 is 0 Å². The number of benzene rings is 2. The highest BCUT2D eigenvalue weighted by Gasteiger charge is 2.11. The molecule has 0 fully saturated rings. The van der Waals surface area contributed by atoms with E-state index in [0.717, 1.165) is 11.1 Å². The van der Waals surface area contributed by atoms with Crippen LogP contribution in [0.2, 0.25) is 30.1 Å². The highest BCUT2D eigenvalue weighted by molar-refractivity contribution is 6.49. The zero-order valence-electron chi connectivity index (χ0n) is 8.58. The summed E-state index contributed by atoms with van der Waals surface area (Å²) in [4.78, 5) is 0. The third-order valence-corrected chi connectivity index (χ3v) is 4.69. The summed E-state index contributed by atoms with van der Waals surface area (Å²) in [5, 5.41) is 2.08. The minimum absolute atomic E-state index is 0.313. The smallest absolute Gasteiger partial charge is 0.0778 e. The summed E-state index contributed by atoms with van der Waals surface area (Å²) in [6.45, 7) is 0. The van der Waals surface area contributed by atoms with Gasteiger partial charge in [-0.3, -0.25) is 0 Å². The summed E-state index contributed by atoms with van der Waals surface area (Å²) in [7, 11) is 0. The predicted octanol–water partition coefficient (Wildman–Crippen LogP) is 7.27. The topological polar surface area (TPSA) is 0 Å². The van der Waals surface area contributed by atoms with Crippen LogP contribution in [0.25, 0.3) is 11.1 Å². The van der Waals surface area contributed by atoms with Crippen molar-refractivity contribution in [1.29, 1.82) is 0 Å². The van der Waals surface area contributed by atoms with E-state index in [1.54, 1.807) is 24.3 Å². The van der Waals surface area contributed by atoms with E-state index < -0.39 is 0 Å². The lowest BCUT2D eigenvalue weighted by Crippen LogP contribution is -1.82. The molecule has 0 aliphatic carbocycles. The fraction of sp³-hybridized carbons (Fsp3) is 0. The zero-order valence-corrected chi connectivity index (χ0v) is 13.1. The van der Waals surface area contributed by atoms with Crippen molar-refractivity contribution in [2.45, 2.75) is 0 Å². The van der Waals surface area contributed by atoms with Gasteiger partial charge in [0.2, 0.25) is 0 Å². The van der Waals surface area contributed by atoms with Crippen LogP contribution < -0.4 is 0 Å². The molecular formula is C12H4Cl6. The van der Waals surface area contributed by atoms with Crippen LogP contribution in [0.3, 0.4) is 0 Å². The normalized spacial score (nSPS) is 10.8. The van der Waals surface area contributed by atoms with Crippen LogP contribution in [0.4, 0.5) is 0 Å². The average molecular weight is 373 g/mol. The van der Waals surface area contributed by atoms with Gasteiger partial charge in [-0.25, -0.2) is 0 Å². The minimum Gasteiger partial charge on any atom is -0.0826 e. The molecule has 0 amide bonds. The molecule has 0 N–H and O–H groups in total. The molecule has 0 radical (unpaired) electrons. The van der Waals surface area contributed by atoms with Gasteiger partial charge in [0.1, 0.15) is 0 Å². The van der Waals surface area contributed by atoms with E-state index in [9.17, 15) is 0 Å². The van der Waals surface area contributed by atoms with Crippen LogP contribution in [0.5, 0.6) is 0 Å². The van der Waals surface area contributed by atoms with Crippen molar-refractivity contribution in [3.05, 3.63) is 54.4 Å². The largest absolute Gasteiger partial charge is 0.0826 e. The summed E-state index contributed by atoms with van der Waals surface area (Å²) in [5.74, 6) is 0. The zero-order chi connectivity index (χ0) is 13.4. The second-order valence-corrected chi connectivity index (χ2v) is 5.89. The Labute approximate surface area is 134 Å². The molecule has 18 heavy (non-hydrogen) atoms. The highest BCUT2D eigenvalue weighted by Crippen LogP contribution is 2.39. The van der Waals surface area contributed by atoms with Crippen molar-refractivity contribution in [3.63, 3.8) is 0 Å². The molecule has 0 spiro atoms. The Kier molecular flexibility index (Phi) is 4.59. The first-order valence-corrected chi connectivity index (χ1v) is 6.96. The van der Waals surface area contributed by atoms with Crippen molar-refractivity contribution in [3.8, 4) is 11.1 Å². The first-order chi connectivity index (χ1) is 8.40. The van der Waals surface area contributed by atoms with Crippen LogP contribution in [-0.2, 0) is 0 Å². The molecule has 0 saturated carbocycles. The maximum Gasteiger partial charge on any atom is 0.0778 e. The first kappa shape index (κ1) is 14.6. The fourth-order valence-corrected chi connectivity index (χ4v) is 2.64. The van der Waals surface area contributed by atoms with Gasteiger partial charge in [-0.05, 0) is 35.4 Å². The fourth-order valence-electron chi connectivity index (χ4n) is 1.44. The molecule has 0 aliphatic rings. The van der Waals surface area contributed by atoms with Crippen LogP contribution in [0, 0.1) is 0 Å². The molecule has 0 saturated heterocycles.